The van der Waals surface area contributed by atoms with E-state index in [9.17, 15) is 10.1 Å². The summed E-state index contributed by atoms with van der Waals surface area (Å²) in [6, 6.07) is 4.26. The molecule has 0 aliphatic heterocycles. The number of nitro benzene ring substituents is 1. The van der Waals surface area contributed by atoms with Crippen LogP contribution in [0.1, 0.15) is 5.56 Å². The van der Waals surface area contributed by atoms with Crippen LogP contribution in [0.15, 0.2) is 18.2 Å². The summed E-state index contributed by atoms with van der Waals surface area (Å²) in [5.74, 6) is 0.252. The van der Waals surface area contributed by atoms with E-state index < -0.39 is 4.92 Å². The van der Waals surface area contributed by atoms with Crippen LogP contribution in [0.3, 0.4) is 0 Å². The summed E-state index contributed by atoms with van der Waals surface area (Å²) in [5.41, 5.74) is 6.70. The summed E-state index contributed by atoms with van der Waals surface area (Å²) in [7, 11) is 0. The van der Waals surface area contributed by atoms with Crippen molar-refractivity contribution in [3.05, 3.63) is 33.9 Å². The molecule has 0 amide bonds. The van der Waals surface area contributed by atoms with Crippen molar-refractivity contribution in [3.63, 3.8) is 0 Å². The number of nitrogen functional groups attached to an aromatic ring is 1. The minimum atomic E-state index is -0.469. The third-order valence-electron chi connectivity index (χ3n) is 1.69. The van der Waals surface area contributed by atoms with Crippen LogP contribution in [0.5, 0.6) is 0 Å². The Hall–Kier alpha value is -1.27. The molecule has 0 aliphatic carbocycles. The zero-order chi connectivity index (χ0) is 10.6. The number of hydrogen-bond acceptors (Lipinski definition) is 5. The molecular weight excluding hydrogens is 204 g/mol. The lowest BCUT2D eigenvalue weighted by Crippen LogP contribution is -1.99. The van der Waals surface area contributed by atoms with Crippen molar-refractivity contribution in [2.75, 3.05) is 11.7 Å². The van der Waals surface area contributed by atoms with Crippen LogP contribution in [-0.2, 0) is 11.3 Å². The van der Waals surface area contributed by atoms with Gasteiger partial charge in [0, 0.05) is 23.4 Å². The SMILES string of the molecule is Nc1ccc([N+](=O)[O-])cc1COCS. The van der Waals surface area contributed by atoms with E-state index in [4.69, 9.17) is 10.5 Å². The Kier molecular flexibility index (Phi) is 3.73. The van der Waals surface area contributed by atoms with Crippen LogP contribution < -0.4 is 5.73 Å². The third-order valence-corrected chi connectivity index (χ3v) is 1.87. The Labute approximate surface area is 86.4 Å². The van der Waals surface area contributed by atoms with Gasteiger partial charge in [-0.1, -0.05) is 0 Å². The molecule has 0 bridgehead atoms. The Morgan fingerprint density at radius 1 is 1.57 bits per heavy atom. The molecule has 0 radical (unpaired) electrons. The normalized spacial score (nSPS) is 10.1. The number of nitro groups is 1. The molecule has 0 heterocycles. The van der Waals surface area contributed by atoms with E-state index in [1.807, 2.05) is 0 Å². The zero-order valence-electron chi connectivity index (χ0n) is 7.34. The van der Waals surface area contributed by atoms with Crippen LogP contribution >= 0.6 is 12.6 Å². The molecule has 0 spiro atoms. The number of rotatable bonds is 4. The van der Waals surface area contributed by atoms with Gasteiger partial charge < -0.3 is 10.5 Å². The first-order valence-corrected chi connectivity index (χ1v) is 4.50. The van der Waals surface area contributed by atoms with Crippen LogP contribution in [0.4, 0.5) is 11.4 Å². The van der Waals surface area contributed by atoms with Gasteiger partial charge in [0.25, 0.3) is 5.69 Å². The summed E-state index contributed by atoms with van der Waals surface area (Å²) >= 11 is 3.85. The average Bonchev–Trinajstić information content (AvgIpc) is 2.16. The van der Waals surface area contributed by atoms with Gasteiger partial charge in [-0.15, -0.1) is 0 Å². The van der Waals surface area contributed by atoms with Crippen molar-refractivity contribution in [1.29, 1.82) is 0 Å². The highest BCUT2D eigenvalue weighted by molar-refractivity contribution is 7.80. The number of hydrogen-bond donors (Lipinski definition) is 2. The molecule has 2 N–H and O–H groups in total. The van der Waals surface area contributed by atoms with Crippen molar-refractivity contribution < 1.29 is 9.66 Å². The fourth-order valence-corrected chi connectivity index (χ4v) is 1.08. The average molecular weight is 214 g/mol. The van der Waals surface area contributed by atoms with Gasteiger partial charge in [0.15, 0.2) is 0 Å². The van der Waals surface area contributed by atoms with Gasteiger partial charge in [0.05, 0.1) is 17.5 Å². The van der Waals surface area contributed by atoms with Crippen LogP contribution in [-0.4, -0.2) is 10.9 Å². The summed E-state index contributed by atoms with van der Waals surface area (Å²) < 4.78 is 5.00. The Morgan fingerprint density at radius 2 is 2.29 bits per heavy atom. The smallest absolute Gasteiger partial charge is 0.269 e. The summed E-state index contributed by atoms with van der Waals surface area (Å²) in [5, 5.41) is 10.4. The fourth-order valence-electron chi connectivity index (χ4n) is 0.986. The molecule has 1 rings (SSSR count). The first-order valence-electron chi connectivity index (χ1n) is 3.86. The lowest BCUT2D eigenvalue weighted by molar-refractivity contribution is -0.384. The molecule has 14 heavy (non-hydrogen) atoms. The highest BCUT2D eigenvalue weighted by Gasteiger charge is 2.08. The number of non-ortho nitro benzene ring substituents is 1. The second-order valence-corrected chi connectivity index (χ2v) is 2.88. The number of thiol groups is 1. The van der Waals surface area contributed by atoms with Crippen molar-refractivity contribution in [2.45, 2.75) is 6.61 Å². The number of benzene rings is 1. The maximum Gasteiger partial charge on any atom is 0.269 e. The first-order chi connectivity index (χ1) is 6.65. The summed E-state index contributed by atoms with van der Waals surface area (Å²) in [6.07, 6.45) is 0. The van der Waals surface area contributed by atoms with Crippen molar-refractivity contribution in [3.8, 4) is 0 Å². The molecule has 0 unspecified atom stereocenters. The van der Waals surface area contributed by atoms with E-state index >= 15 is 0 Å². The van der Waals surface area contributed by atoms with E-state index in [1.54, 1.807) is 0 Å². The Bertz CT molecular complexity index is 343. The maximum atomic E-state index is 10.4. The Morgan fingerprint density at radius 3 is 2.86 bits per heavy atom. The topological polar surface area (TPSA) is 78.4 Å². The van der Waals surface area contributed by atoms with Crippen LogP contribution in [0.25, 0.3) is 0 Å². The molecule has 76 valence electrons. The van der Waals surface area contributed by atoms with E-state index in [0.29, 0.717) is 11.3 Å². The molecule has 0 atom stereocenters. The third kappa shape index (κ3) is 2.61. The molecule has 0 aliphatic rings. The quantitative estimate of drug-likeness (QED) is 0.262. The molecule has 0 saturated carbocycles. The molecule has 5 nitrogen and oxygen atoms in total. The molecule has 1 aromatic carbocycles. The molecule has 1 aromatic rings. The summed E-state index contributed by atoms with van der Waals surface area (Å²) in [4.78, 5) is 9.98. The van der Waals surface area contributed by atoms with Crippen LogP contribution in [0.2, 0.25) is 0 Å². The van der Waals surface area contributed by atoms with Gasteiger partial charge in [-0.05, 0) is 6.07 Å². The van der Waals surface area contributed by atoms with Crippen molar-refractivity contribution in [2.24, 2.45) is 0 Å². The molecule has 0 aromatic heterocycles. The van der Waals surface area contributed by atoms with E-state index in [2.05, 4.69) is 12.6 Å². The molecule has 6 heteroatoms. The van der Waals surface area contributed by atoms with Gasteiger partial charge >= 0.3 is 0 Å². The molecular formula is C8H10N2O3S. The zero-order valence-corrected chi connectivity index (χ0v) is 8.24. The number of anilines is 1. The second kappa shape index (κ2) is 4.83. The van der Waals surface area contributed by atoms with Gasteiger partial charge in [-0.25, -0.2) is 0 Å². The number of nitrogens with two attached hydrogens (primary N) is 1. The lowest BCUT2D eigenvalue weighted by Gasteiger charge is -2.04. The second-order valence-electron chi connectivity index (χ2n) is 2.62. The summed E-state index contributed by atoms with van der Waals surface area (Å²) in [6.45, 7) is 0.233. The predicted octanol–water partition coefficient (Wildman–Crippen LogP) is 1.58. The van der Waals surface area contributed by atoms with E-state index in [0.717, 1.165) is 0 Å². The highest BCUT2D eigenvalue weighted by atomic mass is 32.1. The first kappa shape index (κ1) is 10.8. The van der Waals surface area contributed by atoms with Crippen LogP contribution in [0, 0.1) is 10.1 Å². The molecule has 0 fully saturated rings. The van der Waals surface area contributed by atoms with Gasteiger partial charge in [-0.3, -0.25) is 10.1 Å². The monoisotopic (exact) mass is 214 g/mol. The minimum Gasteiger partial charge on any atom is -0.398 e. The van der Waals surface area contributed by atoms with Crippen molar-refractivity contribution >= 4 is 24.0 Å². The lowest BCUT2D eigenvalue weighted by atomic mass is 10.2. The standard InChI is InChI=1S/C8H10N2O3S/c9-8-2-1-7(10(11)12)3-6(8)4-13-5-14/h1-3,14H,4-5,9H2. The van der Waals surface area contributed by atoms with Gasteiger partial charge in [0.2, 0.25) is 0 Å². The number of ether oxygens (including phenoxy) is 1. The van der Waals surface area contributed by atoms with E-state index in [-0.39, 0.29) is 18.2 Å². The van der Waals surface area contributed by atoms with Gasteiger partial charge in [-0.2, -0.15) is 12.6 Å². The Balaban J connectivity index is 2.90. The molecule has 0 saturated heterocycles. The minimum absolute atomic E-state index is 0.0111. The largest absolute Gasteiger partial charge is 0.398 e. The number of nitrogens with zero attached hydrogens (tertiary/aromatic N) is 1. The fraction of sp³-hybridized carbons (Fsp3) is 0.250. The van der Waals surface area contributed by atoms with Crippen molar-refractivity contribution in [1.82, 2.24) is 0 Å². The highest BCUT2D eigenvalue weighted by Crippen LogP contribution is 2.20. The van der Waals surface area contributed by atoms with E-state index in [1.165, 1.54) is 18.2 Å². The maximum absolute atomic E-state index is 10.4. The van der Waals surface area contributed by atoms with Gasteiger partial charge in [0.1, 0.15) is 0 Å². The predicted molar refractivity (Wildman–Crippen MR) is 56.2 cm³/mol.